The lowest BCUT2D eigenvalue weighted by Crippen LogP contribution is -2.18. The number of hydrazone groups is 1. The number of allylic oxidation sites excluding steroid dienone is 1. The van der Waals surface area contributed by atoms with E-state index in [0.29, 0.717) is 23.3 Å². The summed E-state index contributed by atoms with van der Waals surface area (Å²) in [4.78, 5) is 3.53. The van der Waals surface area contributed by atoms with Gasteiger partial charge in [0, 0.05) is 18.6 Å². The third kappa shape index (κ3) is 6.41. The van der Waals surface area contributed by atoms with E-state index in [1.54, 1.807) is 20.8 Å². The van der Waals surface area contributed by atoms with Gasteiger partial charge in [-0.2, -0.15) is 35.8 Å². The highest BCUT2D eigenvalue weighted by molar-refractivity contribution is 6.02. The molecule has 32 heavy (non-hydrogen) atoms. The number of rotatable bonds is 6. The summed E-state index contributed by atoms with van der Waals surface area (Å²) in [6.07, 6.45) is -5.98. The van der Waals surface area contributed by atoms with Crippen LogP contribution in [0.2, 0.25) is 0 Å². The largest absolute Gasteiger partial charge is 0.416 e. The molecule has 0 amide bonds. The van der Waals surface area contributed by atoms with E-state index in [0.717, 1.165) is 6.07 Å². The summed E-state index contributed by atoms with van der Waals surface area (Å²) >= 11 is 0. The van der Waals surface area contributed by atoms with Gasteiger partial charge in [0.2, 0.25) is 5.95 Å². The zero-order valence-electron chi connectivity index (χ0n) is 17.4. The SMILES string of the molecule is C=CN(/C=C(\C)c1ccc(F)nc1)/N=C(/c1cc(C(F)(F)F)cc(C(F)(F)F)c1)C(C)C. The molecule has 1 aromatic carbocycles. The summed E-state index contributed by atoms with van der Waals surface area (Å²) in [7, 11) is 0. The Kier molecular flexibility index (Phi) is 7.48. The molecule has 0 radical (unpaired) electrons. The van der Waals surface area contributed by atoms with Crippen LogP contribution in [0.5, 0.6) is 0 Å². The number of hydrogen-bond donors (Lipinski definition) is 0. The first-order chi connectivity index (χ1) is 14.7. The molecule has 0 aliphatic heterocycles. The van der Waals surface area contributed by atoms with Gasteiger partial charge in [0.05, 0.1) is 16.8 Å². The van der Waals surface area contributed by atoms with Crippen molar-refractivity contribution in [1.82, 2.24) is 9.99 Å². The van der Waals surface area contributed by atoms with Crippen LogP contribution in [0.15, 0.2) is 60.6 Å². The maximum Gasteiger partial charge on any atom is 0.416 e. The van der Waals surface area contributed by atoms with Crippen LogP contribution in [0.25, 0.3) is 5.57 Å². The van der Waals surface area contributed by atoms with Crippen molar-refractivity contribution in [2.75, 3.05) is 0 Å². The molecule has 0 aliphatic carbocycles. The minimum absolute atomic E-state index is 0.0113. The van der Waals surface area contributed by atoms with Crippen LogP contribution >= 0.6 is 0 Å². The average molecular weight is 459 g/mol. The molecule has 0 saturated heterocycles. The van der Waals surface area contributed by atoms with Crippen LogP contribution in [0.3, 0.4) is 0 Å². The molecule has 172 valence electrons. The van der Waals surface area contributed by atoms with Gasteiger partial charge in [-0.3, -0.25) is 0 Å². The fraction of sp³-hybridized carbons (Fsp3) is 0.273. The van der Waals surface area contributed by atoms with Gasteiger partial charge in [0.1, 0.15) is 0 Å². The van der Waals surface area contributed by atoms with Crippen LogP contribution in [-0.2, 0) is 12.4 Å². The Hall–Kier alpha value is -3.17. The highest BCUT2D eigenvalue weighted by Gasteiger charge is 2.37. The summed E-state index contributed by atoms with van der Waals surface area (Å²) in [5.74, 6) is -1.20. The molecular weight excluding hydrogens is 439 g/mol. The van der Waals surface area contributed by atoms with Crippen molar-refractivity contribution < 1.29 is 30.7 Å². The van der Waals surface area contributed by atoms with E-state index in [4.69, 9.17) is 0 Å². The number of aromatic nitrogens is 1. The third-order valence-corrected chi connectivity index (χ3v) is 4.35. The van der Waals surface area contributed by atoms with E-state index in [-0.39, 0.29) is 17.3 Å². The molecule has 10 heteroatoms. The predicted octanol–water partition coefficient (Wildman–Crippen LogP) is 7.12. The Bertz CT molecular complexity index is 985. The maximum absolute atomic E-state index is 13.2. The Morgan fingerprint density at radius 1 is 1.00 bits per heavy atom. The Balaban J connectivity index is 2.59. The average Bonchev–Trinajstić information content (AvgIpc) is 2.69. The van der Waals surface area contributed by atoms with E-state index < -0.39 is 35.3 Å². The molecule has 0 unspecified atom stereocenters. The number of alkyl halides is 6. The highest BCUT2D eigenvalue weighted by Crippen LogP contribution is 2.37. The van der Waals surface area contributed by atoms with Crippen LogP contribution in [0.1, 0.15) is 43.0 Å². The molecule has 0 aliphatic rings. The lowest BCUT2D eigenvalue weighted by molar-refractivity contribution is -0.143. The van der Waals surface area contributed by atoms with Gasteiger partial charge in [-0.25, -0.2) is 9.99 Å². The normalized spacial score (nSPS) is 13.5. The number of pyridine rings is 1. The van der Waals surface area contributed by atoms with Gasteiger partial charge in [0.25, 0.3) is 0 Å². The molecular formula is C22H20F7N3. The first-order valence-electron chi connectivity index (χ1n) is 9.32. The summed E-state index contributed by atoms with van der Waals surface area (Å²) in [6, 6.07) is 3.95. The summed E-state index contributed by atoms with van der Waals surface area (Å²) in [6.45, 7) is 8.42. The summed E-state index contributed by atoms with van der Waals surface area (Å²) in [5.41, 5.74) is -2.08. The van der Waals surface area contributed by atoms with Gasteiger partial charge in [-0.05, 0) is 59.9 Å². The Morgan fingerprint density at radius 2 is 1.56 bits per heavy atom. The van der Waals surface area contributed by atoms with Gasteiger partial charge in [-0.15, -0.1) is 0 Å². The fourth-order valence-corrected chi connectivity index (χ4v) is 2.74. The number of benzene rings is 1. The minimum Gasteiger partial charge on any atom is -0.248 e. The van der Waals surface area contributed by atoms with E-state index in [9.17, 15) is 30.7 Å². The quantitative estimate of drug-likeness (QED) is 0.199. The Labute approximate surface area is 180 Å². The second-order valence-electron chi connectivity index (χ2n) is 7.18. The van der Waals surface area contributed by atoms with E-state index >= 15 is 0 Å². The van der Waals surface area contributed by atoms with Crippen molar-refractivity contribution in [3.05, 3.63) is 83.7 Å². The molecule has 0 spiro atoms. The fourth-order valence-electron chi connectivity index (χ4n) is 2.74. The molecule has 2 aromatic rings. The van der Waals surface area contributed by atoms with Gasteiger partial charge >= 0.3 is 12.4 Å². The first-order valence-corrected chi connectivity index (χ1v) is 9.32. The highest BCUT2D eigenvalue weighted by atomic mass is 19.4. The van der Waals surface area contributed by atoms with Crippen LogP contribution in [0, 0.1) is 11.9 Å². The Morgan fingerprint density at radius 3 is 1.97 bits per heavy atom. The second-order valence-corrected chi connectivity index (χ2v) is 7.18. The molecule has 0 atom stereocenters. The molecule has 0 fully saturated rings. The van der Waals surface area contributed by atoms with E-state index in [1.165, 1.54) is 29.7 Å². The van der Waals surface area contributed by atoms with Crippen molar-refractivity contribution in [3.8, 4) is 0 Å². The lowest BCUT2D eigenvalue weighted by atomic mass is 9.95. The molecule has 0 bridgehead atoms. The van der Waals surface area contributed by atoms with Crippen molar-refractivity contribution >= 4 is 11.3 Å². The molecule has 0 saturated carbocycles. The molecule has 1 heterocycles. The molecule has 0 N–H and O–H groups in total. The summed E-state index contributed by atoms with van der Waals surface area (Å²) in [5, 5.41) is 5.39. The lowest BCUT2D eigenvalue weighted by Gasteiger charge is -2.19. The molecule has 2 rings (SSSR count). The maximum atomic E-state index is 13.2. The van der Waals surface area contributed by atoms with Gasteiger partial charge in [-0.1, -0.05) is 20.4 Å². The number of halogens is 7. The number of nitrogens with zero attached hydrogens (tertiary/aromatic N) is 3. The van der Waals surface area contributed by atoms with Crippen molar-refractivity contribution in [3.63, 3.8) is 0 Å². The first kappa shape index (κ1) is 25.1. The topological polar surface area (TPSA) is 28.5 Å². The zero-order valence-corrected chi connectivity index (χ0v) is 17.4. The second kappa shape index (κ2) is 9.54. The zero-order chi connectivity index (χ0) is 24.3. The van der Waals surface area contributed by atoms with Gasteiger partial charge in [0.15, 0.2) is 0 Å². The summed E-state index contributed by atoms with van der Waals surface area (Å²) < 4.78 is 92.5. The monoisotopic (exact) mass is 459 g/mol. The van der Waals surface area contributed by atoms with Gasteiger partial charge < -0.3 is 0 Å². The van der Waals surface area contributed by atoms with Crippen molar-refractivity contribution in [2.24, 2.45) is 11.0 Å². The third-order valence-electron chi connectivity index (χ3n) is 4.35. The predicted molar refractivity (Wildman–Crippen MR) is 108 cm³/mol. The van der Waals surface area contributed by atoms with Crippen LogP contribution in [-0.4, -0.2) is 15.7 Å². The smallest absolute Gasteiger partial charge is 0.248 e. The number of hydrogen-bond acceptors (Lipinski definition) is 3. The van der Waals surface area contributed by atoms with Crippen molar-refractivity contribution in [2.45, 2.75) is 33.1 Å². The van der Waals surface area contributed by atoms with Crippen LogP contribution < -0.4 is 0 Å². The minimum atomic E-state index is -4.97. The van der Waals surface area contributed by atoms with Crippen molar-refractivity contribution in [1.29, 1.82) is 0 Å². The molecule has 1 aromatic heterocycles. The standard InChI is InChI=1S/C22H20F7N3/c1-5-32(12-14(4)15-6-7-19(23)30-11-15)31-20(13(2)3)16-8-17(21(24,25)26)10-18(9-16)22(27,28)29/h5-13H,1H2,2-4H3/b14-12+,31-20+. The van der Waals surface area contributed by atoms with E-state index in [2.05, 4.69) is 16.7 Å². The van der Waals surface area contributed by atoms with Crippen LogP contribution in [0.4, 0.5) is 30.7 Å². The molecule has 3 nitrogen and oxygen atoms in total. The van der Waals surface area contributed by atoms with E-state index in [1.807, 2.05) is 0 Å².